The minimum absolute atomic E-state index is 0.0492. The molecule has 4 aromatic carbocycles. The van der Waals surface area contributed by atoms with Crippen molar-refractivity contribution in [2.45, 2.75) is 188 Å². The second-order valence-electron chi connectivity index (χ2n) is 25.3. The normalized spacial score (nSPS) is 19.5. The Balaban J connectivity index is 1.47. The van der Waals surface area contributed by atoms with Gasteiger partial charge in [-0.3, -0.25) is 0 Å². The fourth-order valence-corrected chi connectivity index (χ4v) is 11.3. The lowest BCUT2D eigenvalue weighted by atomic mass is 9.35. The summed E-state index contributed by atoms with van der Waals surface area (Å²) < 4.78 is 7.71. The molecule has 0 radical (unpaired) electrons. The zero-order valence-corrected chi connectivity index (χ0v) is 41.1. The van der Waals surface area contributed by atoms with Crippen LogP contribution in [0.1, 0.15) is 188 Å². The van der Waals surface area contributed by atoms with Crippen LogP contribution in [-0.4, -0.2) is 6.71 Å². The Morgan fingerprint density at radius 1 is 0.508 bits per heavy atom. The molecule has 2 aliphatic heterocycles. The van der Waals surface area contributed by atoms with E-state index in [1.54, 1.807) is 0 Å². The van der Waals surface area contributed by atoms with Crippen molar-refractivity contribution in [2.24, 2.45) is 0 Å². The number of fused-ring (bicyclic) bond motifs is 7. The molecule has 4 heteroatoms. The third kappa shape index (κ3) is 6.41. The van der Waals surface area contributed by atoms with E-state index in [1.807, 2.05) is 0 Å². The van der Waals surface area contributed by atoms with Crippen LogP contribution in [0.5, 0.6) is 0 Å². The molecule has 0 atom stereocenters. The molecule has 0 saturated heterocycles. The van der Waals surface area contributed by atoms with Gasteiger partial charge in [0.15, 0.2) is 0 Å². The molecule has 5 aromatic rings. The third-order valence-electron chi connectivity index (χ3n) is 15.7. The second kappa shape index (κ2) is 13.0. The summed E-state index contributed by atoms with van der Waals surface area (Å²) in [5.74, 6) is 1.17. The van der Waals surface area contributed by atoms with Crippen molar-refractivity contribution in [3.05, 3.63) is 111 Å². The Morgan fingerprint density at radius 2 is 1.02 bits per heavy atom. The standard InChI is InChI=1S/C57H73BN2O/c1-34-29-36(52(5,6)7)21-24-42(34)60-43-33-40-39(54(11,12)25-26-55(40,13)14)32-41(43)58-47-44(30-37(31-45(47)60)53(8,9)10)59(38-22-19-35(20-23-38)51(2,3)4)48-46-49(61-50(48)58)57(17,18)28-27-56(46,15)16/h19-24,29-33H,25-28H2,1-18H3. The van der Waals surface area contributed by atoms with Crippen molar-refractivity contribution in [1.82, 2.24) is 0 Å². The van der Waals surface area contributed by atoms with E-state index in [1.165, 1.54) is 103 Å². The van der Waals surface area contributed by atoms with Crippen LogP contribution in [-0.2, 0) is 37.9 Å². The lowest BCUT2D eigenvalue weighted by molar-refractivity contribution is 0.282. The lowest BCUT2D eigenvalue weighted by Gasteiger charge is -2.47. The first kappa shape index (κ1) is 42.1. The van der Waals surface area contributed by atoms with Gasteiger partial charge in [0, 0.05) is 39.4 Å². The Bertz CT molecular complexity index is 2610. The van der Waals surface area contributed by atoms with Gasteiger partial charge in [0.2, 0.25) is 0 Å². The summed E-state index contributed by atoms with van der Waals surface area (Å²) in [5, 5.41) is 0. The minimum Gasteiger partial charge on any atom is -0.472 e. The molecule has 0 N–H and O–H groups in total. The number of furan rings is 1. The maximum atomic E-state index is 7.71. The van der Waals surface area contributed by atoms with Crippen molar-refractivity contribution < 1.29 is 4.42 Å². The van der Waals surface area contributed by atoms with Crippen LogP contribution in [0.15, 0.2) is 71.1 Å². The molecule has 0 saturated carbocycles. The van der Waals surface area contributed by atoms with Gasteiger partial charge in [-0.15, -0.1) is 0 Å². The van der Waals surface area contributed by atoms with Gasteiger partial charge in [-0.25, -0.2) is 0 Å². The fraction of sp³-hybridized carbons (Fsp3) is 0.509. The molecule has 320 valence electrons. The molecule has 3 nitrogen and oxygen atoms in total. The topological polar surface area (TPSA) is 19.6 Å². The molecule has 0 spiro atoms. The summed E-state index contributed by atoms with van der Waals surface area (Å²) in [6, 6.07) is 27.1. The van der Waals surface area contributed by atoms with Crippen molar-refractivity contribution in [3.63, 3.8) is 0 Å². The zero-order valence-electron chi connectivity index (χ0n) is 41.1. The number of nitrogens with zero attached hydrogens (tertiary/aromatic N) is 2. The molecule has 0 fully saturated rings. The van der Waals surface area contributed by atoms with Crippen LogP contribution in [0.3, 0.4) is 0 Å². The van der Waals surface area contributed by atoms with Gasteiger partial charge in [-0.05, 0) is 146 Å². The Labute approximate surface area is 369 Å². The van der Waals surface area contributed by atoms with E-state index >= 15 is 0 Å². The van der Waals surface area contributed by atoms with E-state index in [2.05, 4.69) is 201 Å². The number of hydrogen-bond acceptors (Lipinski definition) is 3. The smallest absolute Gasteiger partial charge is 0.297 e. The molecule has 3 heterocycles. The molecule has 9 rings (SSSR count). The van der Waals surface area contributed by atoms with Crippen LogP contribution in [0.2, 0.25) is 0 Å². The van der Waals surface area contributed by atoms with E-state index in [-0.39, 0.29) is 44.6 Å². The molecular weight excluding hydrogens is 739 g/mol. The van der Waals surface area contributed by atoms with Gasteiger partial charge in [-0.1, -0.05) is 148 Å². The molecule has 61 heavy (non-hydrogen) atoms. The number of aryl methyl sites for hydroxylation is 1. The van der Waals surface area contributed by atoms with Gasteiger partial charge >= 0.3 is 0 Å². The predicted molar refractivity (Wildman–Crippen MR) is 264 cm³/mol. The molecule has 1 aromatic heterocycles. The van der Waals surface area contributed by atoms with E-state index in [9.17, 15) is 0 Å². The summed E-state index contributed by atoms with van der Waals surface area (Å²) in [6.07, 6.45) is 4.56. The van der Waals surface area contributed by atoms with E-state index in [0.717, 1.165) is 18.5 Å². The molecule has 0 amide bonds. The highest BCUT2D eigenvalue weighted by atomic mass is 16.3. The van der Waals surface area contributed by atoms with Gasteiger partial charge in [0.05, 0.1) is 11.3 Å². The first-order chi connectivity index (χ1) is 28.0. The summed E-state index contributed by atoms with van der Waals surface area (Å²) in [4.78, 5) is 5.31. The van der Waals surface area contributed by atoms with Crippen molar-refractivity contribution in [2.75, 3.05) is 9.80 Å². The summed E-state index contributed by atoms with van der Waals surface area (Å²) in [7, 11) is 0. The molecule has 4 aliphatic rings. The quantitative estimate of drug-likeness (QED) is 0.162. The highest BCUT2D eigenvalue weighted by Crippen LogP contribution is 2.56. The van der Waals surface area contributed by atoms with E-state index < -0.39 is 0 Å². The minimum atomic E-state index is -0.0981. The third-order valence-corrected chi connectivity index (χ3v) is 15.7. The zero-order chi connectivity index (χ0) is 44.4. The Kier molecular flexibility index (Phi) is 8.95. The molecule has 2 aliphatic carbocycles. The Hall–Kier alpha value is -4.18. The summed E-state index contributed by atoms with van der Waals surface area (Å²) in [5.41, 5.74) is 21.1. The van der Waals surface area contributed by atoms with Crippen LogP contribution in [0.4, 0.5) is 34.1 Å². The molecular formula is C57H73BN2O. The predicted octanol–water partition coefficient (Wildman–Crippen LogP) is 14.3. The van der Waals surface area contributed by atoms with Crippen LogP contribution >= 0.6 is 0 Å². The fourth-order valence-electron chi connectivity index (χ4n) is 11.3. The maximum absolute atomic E-state index is 7.71. The van der Waals surface area contributed by atoms with Gasteiger partial charge in [0.25, 0.3) is 6.71 Å². The summed E-state index contributed by atoms with van der Waals surface area (Å²) in [6.45, 7) is 43.0. The average Bonchev–Trinajstić information content (AvgIpc) is 3.57. The van der Waals surface area contributed by atoms with Crippen LogP contribution in [0, 0.1) is 6.92 Å². The number of rotatable bonds is 2. The van der Waals surface area contributed by atoms with E-state index in [4.69, 9.17) is 4.42 Å². The number of hydrogen-bond donors (Lipinski definition) is 0. The molecule has 0 bridgehead atoms. The number of benzene rings is 4. The van der Waals surface area contributed by atoms with Crippen molar-refractivity contribution in [1.29, 1.82) is 0 Å². The maximum Gasteiger partial charge on any atom is 0.297 e. The number of anilines is 6. The second-order valence-corrected chi connectivity index (χ2v) is 25.3. The van der Waals surface area contributed by atoms with Gasteiger partial charge < -0.3 is 14.2 Å². The van der Waals surface area contributed by atoms with Gasteiger partial charge in [0.1, 0.15) is 5.76 Å². The van der Waals surface area contributed by atoms with E-state index in [0.29, 0.717) is 0 Å². The monoisotopic (exact) mass is 813 g/mol. The first-order valence-electron chi connectivity index (χ1n) is 23.4. The largest absolute Gasteiger partial charge is 0.472 e. The lowest BCUT2D eigenvalue weighted by Crippen LogP contribution is -2.61. The van der Waals surface area contributed by atoms with Crippen LogP contribution < -0.4 is 26.4 Å². The van der Waals surface area contributed by atoms with Crippen molar-refractivity contribution >= 4 is 57.4 Å². The average molecular weight is 813 g/mol. The molecule has 0 unspecified atom stereocenters. The summed E-state index contributed by atoms with van der Waals surface area (Å²) >= 11 is 0. The van der Waals surface area contributed by atoms with Crippen molar-refractivity contribution in [3.8, 4) is 0 Å². The highest BCUT2D eigenvalue weighted by molar-refractivity contribution is 6.99. The Morgan fingerprint density at radius 3 is 1.57 bits per heavy atom. The SMILES string of the molecule is Cc1cc(C(C)(C)C)ccc1N1c2cc3c(cc2B2c4oc5c(c4N(c4ccc(C(C)(C)C)cc4)c4cc(C(C)(C)C)cc1c42)C(C)(C)CCC5(C)C)C(C)(C)CCC3(C)C. The first-order valence-corrected chi connectivity index (χ1v) is 23.4. The van der Waals surface area contributed by atoms with Gasteiger partial charge in [-0.2, -0.15) is 0 Å². The van der Waals surface area contributed by atoms with Crippen LogP contribution in [0.25, 0.3) is 0 Å². The highest BCUT2D eigenvalue weighted by Gasteiger charge is 2.53.